The van der Waals surface area contributed by atoms with Gasteiger partial charge < -0.3 is 15.0 Å². The molecule has 108 valence electrons. The Kier molecular flexibility index (Phi) is 4.13. The molecule has 2 rings (SSSR count). The number of hydrogen-bond donors (Lipinski definition) is 1. The Labute approximate surface area is 114 Å². The Morgan fingerprint density at radius 3 is 2.53 bits per heavy atom. The van der Waals surface area contributed by atoms with Crippen LogP contribution in [0.3, 0.4) is 0 Å². The second-order valence-corrected chi connectivity index (χ2v) is 6.53. The van der Waals surface area contributed by atoms with Gasteiger partial charge in [0.25, 0.3) is 0 Å². The number of likely N-dealkylation sites (tertiary alicyclic amines) is 1. The van der Waals surface area contributed by atoms with Crippen LogP contribution in [-0.2, 0) is 14.3 Å². The fourth-order valence-corrected chi connectivity index (χ4v) is 2.73. The minimum Gasteiger partial charge on any atom is -0.381 e. The number of ether oxygens (including phenoxy) is 1. The summed E-state index contributed by atoms with van der Waals surface area (Å²) < 4.78 is 5.32. The monoisotopic (exact) mass is 268 g/mol. The summed E-state index contributed by atoms with van der Waals surface area (Å²) in [6, 6.07) is 0.258. The van der Waals surface area contributed by atoms with E-state index in [1.807, 2.05) is 25.7 Å². The molecule has 1 atom stereocenters. The molecule has 2 aliphatic rings. The van der Waals surface area contributed by atoms with E-state index < -0.39 is 0 Å². The van der Waals surface area contributed by atoms with Crippen LogP contribution in [0.25, 0.3) is 0 Å². The fourth-order valence-electron chi connectivity index (χ4n) is 2.73. The molecule has 5 nitrogen and oxygen atoms in total. The standard InChI is InChI=1S/C14H24N2O3/c1-14(2,3)15-13(18)10-8-12(17)16(9-10)11-4-6-19-7-5-11/h10-11H,4-9H2,1-3H3,(H,15,18). The smallest absolute Gasteiger partial charge is 0.225 e. The maximum Gasteiger partial charge on any atom is 0.225 e. The van der Waals surface area contributed by atoms with Crippen molar-refractivity contribution in [1.82, 2.24) is 10.2 Å². The lowest BCUT2D eigenvalue weighted by Gasteiger charge is -2.31. The SMILES string of the molecule is CC(C)(C)NC(=O)C1CC(=O)N(C2CCOCC2)C1. The van der Waals surface area contributed by atoms with Crippen LogP contribution in [0, 0.1) is 5.92 Å². The summed E-state index contributed by atoms with van der Waals surface area (Å²) in [6.45, 7) is 7.86. The van der Waals surface area contributed by atoms with Gasteiger partial charge in [0.15, 0.2) is 0 Å². The minimum absolute atomic E-state index is 0.00425. The van der Waals surface area contributed by atoms with E-state index in [1.165, 1.54) is 0 Å². The number of rotatable bonds is 2. The first kappa shape index (κ1) is 14.3. The third kappa shape index (κ3) is 3.69. The molecule has 5 heteroatoms. The van der Waals surface area contributed by atoms with Crippen LogP contribution in [0.1, 0.15) is 40.0 Å². The van der Waals surface area contributed by atoms with E-state index in [0.717, 1.165) is 12.8 Å². The molecule has 0 saturated carbocycles. The highest BCUT2D eigenvalue weighted by Crippen LogP contribution is 2.25. The molecule has 0 aliphatic carbocycles. The zero-order valence-electron chi connectivity index (χ0n) is 12.1. The van der Waals surface area contributed by atoms with Crippen LogP contribution in [-0.4, -0.2) is 48.1 Å². The van der Waals surface area contributed by atoms with Crippen molar-refractivity contribution in [2.24, 2.45) is 5.92 Å². The Hall–Kier alpha value is -1.10. The van der Waals surface area contributed by atoms with Gasteiger partial charge in [-0.1, -0.05) is 0 Å². The van der Waals surface area contributed by atoms with Gasteiger partial charge in [0.05, 0.1) is 5.92 Å². The molecular formula is C14H24N2O3. The van der Waals surface area contributed by atoms with E-state index >= 15 is 0 Å². The van der Waals surface area contributed by atoms with Crippen LogP contribution in [0.15, 0.2) is 0 Å². The van der Waals surface area contributed by atoms with Crippen LogP contribution in [0.4, 0.5) is 0 Å². The van der Waals surface area contributed by atoms with Gasteiger partial charge in [-0.15, -0.1) is 0 Å². The summed E-state index contributed by atoms with van der Waals surface area (Å²) in [7, 11) is 0. The van der Waals surface area contributed by atoms with E-state index in [4.69, 9.17) is 4.74 Å². The van der Waals surface area contributed by atoms with Crippen molar-refractivity contribution in [3.63, 3.8) is 0 Å². The molecule has 2 saturated heterocycles. The number of nitrogens with one attached hydrogen (secondary N) is 1. The first-order valence-corrected chi connectivity index (χ1v) is 7.06. The van der Waals surface area contributed by atoms with Crippen molar-refractivity contribution < 1.29 is 14.3 Å². The van der Waals surface area contributed by atoms with Gasteiger partial charge >= 0.3 is 0 Å². The zero-order chi connectivity index (χ0) is 14.0. The fraction of sp³-hybridized carbons (Fsp3) is 0.857. The van der Waals surface area contributed by atoms with Gasteiger partial charge in [0, 0.05) is 37.8 Å². The van der Waals surface area contributed by atoms with Crippen molar-refractivity contribution >= 4 is 11.8 Å². The van der Waals surface area contributed by atoms with E-state index in [0.29, 0.717) is 26.2 Å². The third-order valence-corrected chi connectivity index (χ3v) is 3.66. The van der Waals surface area contributed by atoms with Crippen molar-refractivity contribution in [1.29, 1.82) is 0 Å². The highest BCUT2D eigenvalue weighted by molar-refractivity contribution is 5.89. The number of nitrogens with zero attached hydrogens (tertiary/aromatic N) is 1. The predicted molar refractivity (Wildman–Crippen MR) is 71.6 cm³/mol. The minimum atomic E-state index is -0.244. The van der Waals surface area contributed by atoms with Crippen LogP contribution in [0.2, 0.25) is 0 Å². The van der Waals surface area contributed by atoms with E-state index in [2.05, 4.69) is 5.32 Å². The normalized spacial score (nSPS) is 25.7. The molecule has 0 aromatic rings. The van der Waals surface area contributed by atoms with Gasteiger partial charge in [0.2, 0.25) is 11.8 Å². The summed E-state index contributed by atoms with van der Waals surface area (Å²) in [5.74, 6) is -0.0917. The van der Waals surface area contributed by atoms with Gasteiger partial charge in [0.1, 0.15) is 0 Å². The maximum absolute atomic E-state index is 12.1. The Morgan fingerprint density at radius 1 is 1.32 bits per heavy atom. The molecule has 2 aliphatic heterocycles. The molecule has 0 spiro atoms. The molecule has 0 bridgehead atoms. The van der Waals surface area contributed by atoms with Gasteiger partial charge in [-0.2, -0.15) is 0 Å². The average molecular weight is 268 g/mol. The molecule has 1 N–H and O–H groups in total. The Balaban J connectivity index is 1.93. The molecule has 0 aromatic heterocycles. The molecule has 19 heavy (non-hydrogen) atoms. The van der Waals surface area contributed by atoms with Crippen molar-refractivity contribution in [3.8, 4) is 0 Å². The van der Waals surface area contributed by atoms with E-state index in [-0.39, 0.29) is 29.3 Å². The number of hydrogen-bond acceptors (Lipinski definition) is 3. The molecule has 2 heterocycles. The summed E-state index contributed by atoms with van der Waals surface area (Å²) >= 11 is 0. The summed E-state index contributed by atoms with van der Waals surface area (Å²) in [5.41, 5.74) is -0.244. The first-order valence-electron chi connectivity index (χ1n) is 7.06. The lowest BCUT2D eigenvalue weighted by atomic mass is 10.0. The maximum atomic E-state index is 12.1. The number of amides is 2. The zero-order valence-corrected chi connectivity index (χ0v) is 12.1. The molecule has 0 radical (unpaired) electrons. The number of carbonyl (C=O) groups excluding carboxylic acids is 2. The Bertz CT molecular complexity index is 356. The largest absolute Gasteiger partial charge is 0.381 e. The molecular weight excluding hydrogens is 244 g/mol. The summed E-state index contributed by atoms with van der Waals surface area (Å²) in [6.07, 6.45) is 2.12. The number of carbonyl (C=O) groups is 2. The van der Waals surface area contributed by atoms with E-state index in [1.54, 1.807) is 0 Å². The van der Waals surface area contributed by atoms with Gasteiger partial charge in [-0.05, 0) is 33.6 Å². The second kappa shape index (κ2) is 5.49. The quantitative estimate of drug-likeness (QED) is 0.810. The highest BCUT2D eigenvalue weighted by Gasteiger charge is 2.38. The molecule has 2 amide bonds. The topological polar surface area (TPSA) is 58.6 Å². The van der Waals surface area contributed by atoms with Crippen molar-refractivity contribution in [3.05, 3.63) is 0 Å². The van der Waals surface area contributed by atoms with Crippen molar-refractivity contribution in [2.75, 3.05) is 19.8 Å². The van der Waals surface area contributed by atoms with Gasteiger partial charge in [-0.3, -0.25) is 9.59 Å². The van der Waals surface area contributed by atoms with Crippen molar-refractivity contribution in [2.45, 2.75) is 51.6 Å². The third-order valence-electron chi connectivity index (χ3n) is 3.66. The highest BCUT2D eigenvalue weighted by atomic mass is 16.5. The van der Waals surface area contributed by atoms with E-state index in [9.17, 15) is 9.59 Å². The predicted octanol–water partition coefficient (Wildman–Crippen LogP) is 0.929. The summed E-state index contributed by atoms with van der Waals surface area (Å²) in [5, 5.41) is 2.96. The average Bonchev–Trinajstić information content (AvgIpc) is 2.70. The van der Waals surface area contributed by atoms with Crippen LogP contribution < -0.4 is 5.32 Å². The lowest BCUT2D eigenvalue weighted by molar-refractivity contribution is -0.131. The first-order chi connectivity index (χ1) is 8.87. The lowest BCUT2D eigenvalue weighted by Crippen LogP contribution is -2.45. The molecule has 2 fully saturated rings. The van der Waals surface area contributed by atoms with Crippen LogP contribution in [0.5, 0.6) is 0 Å². The molecule has 0 aromatic carbocycles. The van der Waals surface area contributed by atoms with Crippen LogP contribution >= 0.6 is 0 Å². The second-order valence-electron chi connectivity index (χ2n) is 6.53. The summed E-state index contributed by atoms with van der Waals surface area (Å²) in [4.78, 5) is 26.1. The molecule has 1 unspecified atom stereocenters. The van der Waals surface area contributed by atoms with Gasteiger partial charge in [-0.25, -0.2) is 0 Å². The Morgan fingerprint density at radius 2 is 1.95 bits per heavy atom.